The van der Waals surface area contributed by atoms with Gasteiger partial charge in [-0.1, -0.05) is 47.3 Å². The van der Waals surface area contributed by atoms with Crippen LogP contribution >= 0.6 is 15.9 Å². The van der Waals surface area contributed by atoms with Crippen LogP contribution in [0.1, 0.15) is 37.7 Å². The summed E-state index contributed by atoms with van der Waals surface area (Å²) in [5.74, 6) is 0.659. The van der Waals surface area contributed by atoms with E-state index in [1.165, 1.54) is 37.7 Å². The van der Waals surface area contributed by atoms with Crippen LogP contribution in [0.5, 0.6) is 0 Å². The maximum Gasteiger partial charge on any atom is 0.191 e. The molecule has 1 aliphatic rings. The third-order valence-electron chi connectivity index (χ3n) is 3.59. The first kappa shape index (κ1) is 14.4. The predicted octanol–water partition coefficient (Wildman–Crippen LogP) is 3.53. The van der Waals surface area contributed by atoms with Gasteiger partial charge in [-0.3, -0.25) is 0 Å². The summed E-state index contributed by atoms with van der Waals surface area (Å²) in [4.78, 5) is 6.69. The highest BCUT2D eigenvalue weighted by Gasteiger charge is 2.13. The molecule has 4 heteroatoms. The number of hydrogen-bond acceptors (Lipinski definition) is 1. The van der Waals surface area contributed by atoms with Gasteiger partial charge in [-0.05, 0) is 30.5 Å². The minimum Gasteiger partial charge on any atom is -0.370 e. The summed E-state index contributed by atoms with van der Waals surface area (Å²) < 4.78 is 1.10. The normalized spacial score (nSPS) is 17.5. The quantitative estimate of drug-likeness (QED) is 0.683. The van der Waals surface area contributed by atoms with Crippen LogP contribution in [-0.4, -0.2) is 23.9 Å². The summed E-state index contributed by atoms with van der Waals surface area (Å²) in [6.07, 6.45) is 6.30. The monoisotopic (exact) mass is 323 g/mol. The van der Waals surface area contributed by atoms with Crippen LogP contribution in [0.4, 0.5) is 0 Å². The van der Waals surface area contributed by atoms with Gasteiger partial charge in [-0.25, -0.2) is 4.99 Å². The summed E-state index contributed by atoms with van der Waals surface area (Å²) in [6, 6.07) is 8.73. The van der Waals surface area contributed by atoms with Crippen molar-refractivity contribution in [2.45, 2.75) is 44.7 Å². The second kappa shape index (κ2) is 6.94. The maximum atomic E-state index is 6.10. The van der Waals surface area contributed by atoms with E-state index in [0.29, 0.717) is 12.0 Å². The van der Waals surface area contributed by atoms with Crippen molar-refractivity contribution >= 4 is 21.9 Å². The Morgan fingerprint density at radius 1 is 1.37 bits per heavy atom. The Bertz CT molecular complexity index is 439. The van der Waals surface area contributed by atoms with Crippen molar-refractivity contribution in [2.75, 3.05) is 7.05 Å². The van der Waals surface area contributed by atoms with E-state index < -0.39 is 0 Å². The molecule has 0 heterocycles. The van der Waals surface area contributed by atoms with Gasteiger partial charge in [0.25, 0.3) is 0 Å². The lowest BCUT2D eigenvalue weighted by atomic mass is 9.96. The Kier molecular flexibility index (Phi) is 5.25. The highest BCUT2D eigenvalue weighted by atomic mass is 79.9. The molecule has 3 nitrogen and oxygen atoms in total. The van der Waals surface area contributed by atoms with Gasteiger partial charge in [0.15, 0.2) is 5.96 Å². The van der Waals surface area contributed by atoms with Crippen molar-refractivity contribution in [3.05, 3.63) is 34.3 Å². The third kappa shape index (κ3) is 4.53. The van der Waals surface area contributed by atoms with Gasteiger partial charge in [-0.15, -0.1) is 0 Å². The standard InChI is InChI=1S/C15H22BrN3/c1-19(11-12-6-5-7-13(16)10-12)15(17)18-14-8-3-2-4-9-14/h5-7,10,14H,2-4,8-9,11H2,1H3,(H2,17,18). The van der Waals surface area contributed by atoms with Crippen molar-refractivity contribution in [3.63, 3.8) is 0 Å². The molecule has 1 aromatic rings. The van der Waals surface area contributed by atoms with E-state index in [0.717, 1.165) is 11.0 Å². The number of guanidine groups is 1. The summed E-state index contributed by atoms with van der Waals surface area (Å²) in [5, 5.41) is 0. The van der Waals surface area contributed by atoms with Gasteiger partial charge < -0.3 is 10.6 Å². The van der Waals surface area contributed by atoms with Crippen molar-refractivity contribution < 1.29 is 0 Å². The molecule has 1 aromatic carbocycles. The Hall–Kier alpha value is -1.03. The zero-order valence-corrected chi connectivity index (χ0v) is 13.1. The minimum absolute atomic E-state index is 0.429. The Labute approximate surface area is 124 Å². The molecule has 1 fully saturated rings. The number of nitrogens with zero attached hydrogens (tertiary/aromatic N) is 2. The highest BCUT2D eigenvalue weighted by Crippen LogP contribution is 2.20. The Balaban J connectivity index is 1.94. The van der Waals surface area contributed by atoms with E-state index in [4.69, 9.17) is 5.73 Å². The molecule has 0 amide bonds. The molecular weight excluding hydrogens is 302 g/mol. The summed E-state index contributed by atoms with van der Waals surface area (Å²) >= 11 is 3.49. The van der Waals surface area contributed by atoms with Gasteiger partial charge in [-0.2, -0.15) is 0 Å². The zero-order valence-electron chi connectivity index (χ0n) is 11.5. The molecule has 2 rings (SSSR count). The summed E-state index contributed by atoms with van der Waals surface area (Å²) in [7, 11) is 2.00. The van der Waals surface area contributed by atoms with Crippen LogP contribution in [0.15, 0.2) is 33.7 Å². The molecule has 0 aromatic heterocycles. The van der Waals surface area contributed by atoms with E-state index in [2.05, 4.69) is 33.1 Å². The predicted molar refractivity (Wildman–Crippen MR) is 84.1 cm³/mol. The number of rotatable bonds is 3. The SMILES string of the molecule is CN(Cc1cccc(Br)c1)C(N)=NC1CCCCC1. The molecule has 1 aliphatic carbocycles. The van der Waals surface area contributed by atoms with Crippen molar-refractivity contribution in [1.82, 2.24) is 4.90 Å². The zero-order chi connectivity index (χ0) is 13.7. The fraction of sp³-hybridized carbons (Fsp3) is 0.533. The molecule has 0 atom stereocenters. The molecule has 0 unspecified atom stereocenters. The Morgan fingerprint density at radius 2 is 2.11 bits per heavy atom. The van der Waals surface area contributed by atoms with Gasteiger partial charge in [0.1, 0.15) is 0 Å². The van der Waals surface area contributed by atoms with E-state index in [9.17, 15) is 0 Å². The van der Waals surface area contributed by atoms with Crippen molar-refractivity contribution in [2.24, 2.45) is 10.7 Å². The molecule has 0 spiro atoms. The van der Waals surface area contributed by atoms with Gasteiger partial charge in [0, 0.05) is 18.1 Å². The first-order valence-corrected chi connectivity index (χ1v) is 7.73. The molecule has 0 saturated heterocycles. The molecule has 104 valence electrons. The van der Waals surface area contributed by atoms with Crippen LogP contribution < -0.4 is 5.73 Å². The molecule has 0 aliphatic heterocycles. The average Bonchev–Trinajstić information content (AvgIpc) is 2.40. The number of hydrogen-bond donors (Lipinski definition) is 1. The molecule has 0 radical (unpaired) electrons. The maximum absolute atomic E-state index is 6.10. The van der Waals surface area contributed by atoms with Crippen molar-refractivity contribution in [3.8, 4) is 0 Å². The topological polar surface area (TPSA) is 41.6 Å². The average molecular weight is 324 g/mol. The third-order valence-corrected chi connectivity index (χ3v) is 4.08. The smallest absolute Gasteiger partial charge is 0.191 e. The lowest BCUT2D eigenvalue weighted by Crippen LogP contribution is -2.35. The van der Waals surface area contributed by atoms with Crippen LogP contribution in [0.3, 0.4) is 0 Å². The lowest BCUT2D eigenvalue weighted by Gasteiger charge is -2.23. The minimum atomic E-state index is 0.429. The second-order valence-corrected chi connectivity index (χ2v) is 6.18. The fourth-order valence-corrected chi connectivity index (χ4v) is 2.93. The van der Waals surface area contributed by atoms with Crippen LogP contribution in [0.25, 0.3) is 0 Å². The van der Waals surface area contributed by atoms with Crippen LogP contribution in [0.2, 0.25) is 0 Å². The number of aliphatic imine (C=N–C) groups is 1. The van der Waals surface area contributed by atoms with Gasteiger partial charge >= 0.3 is 0 Å². The fourth-order valence-electron chi connectivity index (χ4n) is 2.49. The highest BCUT2D eigenvalue weighted by molar-refractivity contribution is 9.10. The molecule has 19 heavy (non-hydrogen) atoms. The second-order valence-electron chi connectivity index (χ2n) is 5.27. The van der Waals surface area contributed by atoms with E-state index >= 15 is 0 Å². The summed E-state index contributed by atoms with van der Waals surface area (Å²) in [5.41, 5.74) is 7.33. The first-order chi connectivity index (χ1) is 9.15. The first-order valence-electron chi connectivity index (χ1n) is 6.94. The number of halogens is 1. The van der Waals surface area contributed by atoms with Crippen LogP contribution in [-0.2, 0) is 6.54 Å². The number of nitrogens with two attached hydrogens (primary N) is 1. The lowest BCUT2D eigenvalue weighted by molar-refractivity contribution is 0.428. The van der Waals surface area contributed by atoms with Gasteiger partial charge in [0.2, 0.25) is 0 Å². The van der Waals surface area contributed by atoms with E-state index in [-0.39, 0.29) is 0 Å². The molecule has 2 N–H and O–H groups in total. The molecule has 0 bridgehead atoms. The Morgan fingerprint density at radius 3 is 2.79 bits per heavy atom. The van der Waals surface area contributed by atoms with E-state index in [1.54, 1.807) is 0 Å². The van der Waals surface area contributed by atoms with Crippen LogP contribution in [0, 0.1) is 0 Å². The van der Waals surface area contributed by atoms with Gasteiger partial charge in [0.05, 0.1) is 6.04 Å². The number of benzene rings is 1. The van der Waals surface area contributed by atoms with Crippen molar-refractivity contribution in [1.29, 1.82) is 0 Å². The van der Waals surface area contributed by atoms with E-state index in [1.807, 2.05) is 24.1 Å². The summed E-state index contributed by atoms with van der Waals surface area (Å²) in [6.45, 7) is 0.793. The molecular formula is C15H22BrN3. The largest absolute Gasteiger partial charge is 0.370 e. The molecule has 1 saturated carbocycles.